The van der Waals surface area contributed by atoms with Crippen LogP contribution in [-0.2, 0) is 16.1 Å². The molecule has 0 radical (unpaired) electrons. The molecule has 0 spiro atoms. The van der Waals surface area contributed by atoms with Crippen molar-refractivity contribution in [2.75, 3.05) is 19.6 Å². The topological polar surface area (TPSA) is 108 Å². The minimum atomic E-state index is -0.254. The molecule has 0 saturated carbocycles. The summed E-state index contributed by atoms with van der Waals surface area (Å²) in [5.41, 5.74) is 1.84. The number of aromatic nitrogens is 2. The molecule has 1 aromatic carbocycles. The molecular formula is C21H25N5O3. The monoisotopic (exact) mass is 395 g/mol. The smallest absolute Gasteiger partial charge is 0.239 e. The predicted octanol–water partition coefficient (Wildman–Crippen LogP) is 1.35. The number of hydrogen-bond donors (Lipinski definition) is 4. The van der Waals surface area contributed by atoms with Crippen molar-refractivity contribution in [3.63, 3.8) is 0 Å². The number of fused-ring (bicyclic) bond motifs is 1. The number of benzene rings is 1. The quantitative estimate of drug-likeness (QED) is 0.414. The standard InChI is InChI=1S/C21H25N5O3/c1-15(29-18-5-3-2-4-6-18)10-23-13-20(27)25-14-21(28)24-12-17-9-16-11-22-8-7-19(16)26-17/h2-9,11,15,23,26H,10,12-14H2,1H3,(H,24,28)(H,25,27). The van der Waals surface area contributed by atoms with E-state index in [1.165, 1.54) is 0 Å². The van der Waals surface area contributed by atoms with Crippen LogP contribution >= 0.6 is 0 Å². The van der Waals surface area contributed by atoms with E-state index in [1.54, 1.807) is 12.4 Å². The molecule has 0 aliphatic heterocycles. The molecule has 1 atom stereocenters. The van der Waals surface area contributed by atoms with Crippen LogP contribution in [-0.4, -0.2) is 47.5 Å². The van der Waals surface area contributed by atoms with E-state index in [0.717, 1.165) is 22.3 Å². The lowest BCUT2D eigenvalue weighted by Gasteiger charge is -2.15. The summed E-state index contributed by atoms with van der Waals surface area (Å²) in [4.78, 5) is 31.1. The Morgan fingerprint density at radius 3 is 2.69 bits per heavy atom. The maximum Gasteiger partial charge on any atom is 0.239 e. The van der Waals surface area contributed by atoms with E-state index in [9.17, 15) is 9.59 Å². The zero-order valence-corrected chi connectivity index (χ0v) is 16.3. The van der Waals surface area contributed by atoms with Gasteiger partial charge in [0, 0.05) is 35.5 Å². The number of pyridine rings is 1. The maximum atomic E-state index is 11.9. The number of ether oxygens (including phenoxy) is 1. The van der Waals surface area contributed by atoms with Crippen LogP contribution in [0.5, 0.6) is 5.75 Å². The molecule has 152 valence electrons. The Bertz CT molecular complexity index is 909. The lowest BCUT2D eigenvalue weighted by Crippen LogP contribution is -2.42. The van der Waals surface area contributed by atoms with Gasteiger partial charge in [0.05, 0.1) is 19.6 Å². The van der Waals surface area contributed by atoms with Gasteiger partial charge in [0.1, 0.15) is 11.9 Å². The van der Waals surface area contributed by atoms with Crippen molar-refractivity contribution in [3.8, 4) is 5.75 Å². The van der Waals surface area contributed by atoms with Gasteiger partial charge >= 0.3 is 0 Å². The number of H-pyrrole nitrogens is 1. The number of nitrogens with one attached hydrogen (secondary N) is 4. The molecule has 4 N–H and O–H groups in total. The van der Waals surface area contributed by atoms with Gasteiger partial charge in [0.15, 0.2) is 0 Å². The van der Waals surface area contributed by atoms with E-state index in [2.05, 4.69) is 25.9 Å². The van der Waals surface area contributed by atoms with Gasteiger partial charge in [-0.3, -0.25) is 14.6 Å². The Hall–Kier alpha value is -3.39. The van der Waals surface area contributed by atoms with E-state index >= 15 is 0 Å². The fraction of sp³-hybridized carbons (Fsp3) is 0.286. The number of aromatic amines is 1. The summed E-state index contributed by atoms with van der Waals surface area (Å²) in [6, 6.07) is 13.3. The minimum absolute atomic E-state index is 0.0711. The van der Waals surface area contributed by atoms with Crippen molar-refractivity contribution < 1.29 is 14.3 Å². The molecule has 29 heavy (non-hydrogen) atoms. The number of hydrogen-bond acceptors (Lipinski definition) is 5. The van der Waals surface area contributed by atoms with Gasteiger partial charge in [0.25, 0.3) is 0 Å². The molecule has 2 amide bonds. The van der Waals surface area contributed by atoms with Crippen LogP contribution in [0.1, 0.15) is 12.6 Å². The fourth-order valence-electron chi connectivity index (χ4n) is 2.79. The Morgan fingerprint density at radius 2 is 1.90 bits per heavy atom. The average molecular weight is 395 g/mol. The molecular weight excluding hydrogens is 370 g/mol. The van der Waals surface area contributed by atoms with Crippen molar-refractivity contribution in [1.82, 2.24) is 25.9 Å². The van der Waals surface area contributed by atoms with Gasteiger partial charge < -0.3 is 25.7 Å². The largest absolute Gasteiger partial charge is 0.489 e. The Labute approximate surface area is 169 Å². The number of carbonyl (C=O) groups excluding carboxylic acids is 2. The van der Waals surface area contributed by atoms with Gasteiger partial charge in [-0.1, -0.05) is 18.2 Å². The number of amides is 2. The highest BCUT2D eigenvalue weighted by Gasteiger charge is 2.08. The first-order valence-electron chi connectivity index (χ1n) is 9.47. The zero-order chi connectivity index (χ0) is 20.5. The Kier molecular flexibility index (Phi) is 7.18. The molecule has 2 aromatic heterocycles. The molecule has 0 fully saturated rings. The second kappa shape index (κ2) is 10.2. The molecule has 0 aliphatic rings. The summed E-state index contributed by atoms with van der Waals surface area (Å²) in [7, 11) is 0. The van der Waals surface area contributed by atoms with Crippen LogP contribution in [0.15, 0.2) is 54.9 Å². The first kappa shape index (κ1) is 20.3. The van der Waals surface area contributed by atoms with Crippen LogP contribution in [0, 0.1) is 0 Å². The lowest BCUT2D eigenvalue weighted by atomic mass is 10.3. The van der Waals surface area contributed by atoms with E-state index in [1.807, 2.05) is 49.4 Å². The van der Waals surface area contributed by atoms with Crippen molar-refractivity contribution in [2.45, 2.75) is 19.6 Å². The lowest BCUT2D eigenvalue weighted by molar-refractivity contribution is -0.125. The summed E-state index contributed by atoms with van der Waals surface area (Å²) < 4.78 is 5.72. The molecule has 8 heteroatoms. The van der Waals surface area contributed by atoms with Crippen LogP contribution in [0.25, 0.3) is 10.9 Å². The summed E-state index contributed by atoms with van der Waals surface area (Å²) in [6.07, 6.45) is 3.38. The first-order valence-corrected chi connectivity index (χ1v) is 9.47. The highest BCUT2D eigenvalue weighted by Crippen LogP contribution is 2.13. The van der Waals surface area contributed by atoms with Gasteiger partial charge in [-0.2, -0.15) is 0 Å². The molecule has 0 aliphatic carbocycles. The van der Waals surface area contributed by atoms with Crippen LogP contribution in [0.3, 0.4) is 0 Å². The van der Waals surface area contributed by atoms with Gasteiger partial charge in [-0.05, 0) is 31.2 Å². The number of para-hydroxylation sites is 1. The first-order chi connectivity index (χ1) is 14.1. The number of rotatable bonds is 10. The van der Waals surface area contributed by atoms with Crippen molar-refractivity contribution in [3.05, 3.63) is 60.6 Å². The normalized spacial score (nSPS) is 11.8. The minimum Gasteiger partial charge on any atom is -0.489 e. The maximum absolute atomic E-state index is 11.9. The molecule has 0 saturated heterocycles. The molecule has 0 bridgehead atoms. The SMILES string of the molecule is CC(CNCC(=O)NCC(=O)NCc1cc2cnccc2[nH]1)Oc1ccccc1. The average Bonchev–Trinajstić information content (AvgIpc) is 3.14. The molecule has 2 heterocycles. The van der Waals surface area contributed by atoms with E-state index < -0.39 is 0 Å². The van der Waals surface area contributed by atoms with E-state index in [0.29, 0.717) is 13.1 Å². The molecule has 3 rings (SSSR count). The number of carbonyl (C=O) groups is 2. The third kappa shape index (κ3) is 6.62. The van der Waals surface area contributed by atoms with Crippen molar-refractivity contribution in [2.24, 2.45) is 0 Å². The van der Waals surface area contributed by atoms with Crippen molar-refractivity contribution >= 4 is 22.7 Å². The summed E-state index contributed by atoms with van der Waals surface area (Å²) in [5.74, 6) is 0.286. The predicted molar refractivity (Wildman–Crippen MR) is 110 cm³/mol. The van der Waals surface area contributed by atoms with E-state index in [-0.39, 0.29) is 31.0 Å². The second-order valence-corrected chi connectivity index (χ2v) is 6.68. The molecule has 3 aromatic rings. The van der Waals surface area contributed by atoms with Crippen LogP contribution < -0.4 is 20.7 Å². The van der Waals surface area contributed by atoms with Crippen LogP contribution in [0.4, 0.5) is 0 Å². The van der Waals surface area contributed by atoms with Gasteiger partial charge in [0.2, 0.25) is 11.8 Å². The summed E-state index contributed by atoms with van der Waals surface area (Å²) in [5, 5.41) is 9.37. The highest BCUT2D eigenvalue weighted by atomic mass is 16.5. The fourth-order valence-corrected chi connectivity index (χ4v) is 2.79. The zero-order valence-electron chi connectivity index (χ0n) is 16.3. The second-order valence-electron chi connectivity index (χ2n) is 6.68. The third-order valence-corrected chi connectivity index (χ3v) is 4.20. The number of nitrogens with zero attached hydrogens (tertiary/aromatic N) is 1. The van der Waals surface area contributed by atoms with Gasteiger partial charge in [-0.15, -0.1) is 0 Å². The Balaban J connectivity index is 1.29. The van der Waals surface area contributed by atoms with Crippen molar-refractivity contribution in [1.29, 1.82) is 0 Å². The highest BCUT2D eigenvalue weighted by molar-refractivity contribution is 5.85. The summed E-state index contributed by atoms with van der Waals surface area (Å²) >= 11 is 0. The summed E-state index contributed by atoms with van der Waals surface area (Å²) in [6.45, 7) is 2.84. The van der Waals surface area contributed by atoms with Crippen LogP contribution in [0.2, 0.25) is 0 Å². The van der Waals surface area contributed by atoms with E-state index in [4.69, 9.17) is 4.74 Å². The van der Waals surface area contributed by atoms with Gasteiger partial charge in [-0.25, -0.2) is 0 Å². The molecule has 8 nitrogen and oxygen atoms in total. The molecule has 1 unspecified atom stereocenters. The third-order valence-electron chi connectivity index (χ3n) is 4.20. The Morgan fingerprint density at radius 1 is 1.10 bits per heavy atom.